The number of unbranched alkanes of at least 4 members (excludes halogenated alkanes) is 7. The highest BCUT2D eigenvalue weighted by Gasteiger charge is 1.87. The fraction of sp³-hybridized carbons (Fsp3) is 0.750. The summed E-state index contributed by atoms with van der Waals surface area (Å²) in [5.41, 5.74) is 0. The first-order chi connectivity index (χ1) is 8.41. The molecule has 96 valence electrons. The van der Waals surface area contributed by atoms with Gasteiger partial charge < -0.3 is 0 Å². The van der Waals surface area contributed by atoms with Crippen molar-refractivity contribution in [3.63, 3.8) is 0 Å². The van der Waals surface area contributed by atoms with E-state index in [9.17, 15) is 0 Å². The fourth-order valence-corrected chi connectivity index (χ4v) is 2.02. The van der Waals surface area contributed by atoms with Crippen LogP contribution in [-0.4, -0.2) is 4.43 Å². The van der Waals surface area contributed by atoms with Crippen LogP contribution in [0.3, 0.4) is 0 Å². The maximum absolute atomic E-state index is 3.28. The van der Waals surface area contributed by atoms with Crippen LogP contribution in [0.4, 0.5) is 0 Å². The minimum atomic E-state index is 0.993. The molecule has 0 N–H and O–H groups in total. The Kier molecular flexibility index (Phi) is 15.7. The molecule has 0 heterocycles. The maximum Gasteiger partial charge on any atom is 0.00889 e. The van der Waals surface area contributed by atoms with E-state index >= 15 is 0 Å². The quantitative estimate of drug-likeness (QED) is 0.241. The van der Waals surface area contributed by atoms with E-state index in [1.54, 1.807) is 0 Å². The third-order valence-corrected chi connectivity index (χ3v) is 3.23. The lowest BCUT2D eigenvalue weighted by atomic mass is 10.1. The van der Waals surface area contributed by atoms with E-state index in [4.69, 9.17) is 0 Å². The van der Waals surface area contributed by atoms with E-state index in [-0.39, 0.29) is 0 Å². The summed E-state index contributed by atoms with van der Waals surface area (Å²) in [5, 5.41) is 0. The lowest BCUT2D eigenvalue weighted by molar-refractivity contribution is 0.660. The molecule has 0 aliphatic rings. The van der Waals surface area contributed by atoms with E-state index in [1.165, 1.54) is 43.0 Å². The fourth-order valence-electron chi connectivity index (χ4n) is 1.48. The van der Waals surface area contributed by atoms with E-state index in [0.717, 1.165) is 25.7 Å². The van der Waals surface area contributed by atoms with Gasteiger partial charge in [0.15, 0.2) is 0 Å². The van der Waals surface area contributed by atoms with Crippen molar-refractivity contribution in [2.75, 3.05) is 4.43 Å². The van der Waals surface area contributed by atoms with Gasteiger partial charge in [-0.05, 0) is 30.1 Å². The Morgan fingerprint density at radius 1 is 0.647 bits per heavy atom. The summed E-state index contributed by atoms with van der Waals surface area (Å²) in [6, 6.07) is 0. The summed E-state index contributed by atoms with van der Waals surface area (Å²) in [4.78, 5) is 0. The highest BCUT2D eigenvalue weighted by Crippen LogP contribution is 2.04. The van der Waals surface area contributed by atoms with Gasteiger partial charge in [-0.3, -0.25) is 0 Å². The molecular formula is C16H25I. The maximum atomic E-state index is 3.28. The highest BCUT2D eigenvalue weighted by atomic mass is 127. The first-order valence-corrected chi connectivity index (χ1v) is 8.41. The Labute approximate surface area is 121 Å². The van der Waals surface area contributed by atoms with Crippen molar-refractivity contribution >= 4 is 22.6 Å². The van der Waals surface area contributed by atoms with Gasteiger partial charge in [-0.25, -0.2) is 0 Å². The summed E-state index contributed by atoms with van der Waals surface area (Å²) in [5.74, 6) is 12.8. The summed E-state index contributed by atoms with van der Waals surface area (Å²) in [6.45, 7) is 2.10. The van der Waals surface area contributed by atoms with Gasteiger partial charge in [0.2, 0.25) is 0 Å². The smallest absolute Gasteiger partial charge is 0.00889 e. The van der Waals surface area contributed by atoms with Crippen molar-refractivity contribution in [2.45, 2.75) is 71.1 Å². The van der Waals surface area contributed by atoms with Crippen LogP contribution in [0.1, 0.15) is 71.1 Å². The molecule has 0 amide bonds. The zero-order valence-corrected chi connectivity index (χ0v) is 13.3. The van der Waals surface area contributed by atoms with Gasteiger partial charge >= 0.3 is 0 Å². The molecule has 0 bridgehead atoms. The first-order valence-electron chi connectivity index (χ1n) is 6.89. The SMILES string of the molecule is CCC#CCCCCCCC#CCCCCI. The van der Waals surface area contributed by atoms with Crippen molar-refractivity contribution in [3.8, 4) is 23.7 Å². The third kappa shape index (κ3) is 15.9. The van der Waals surface area contributed by atoms with Crippen LogP contribution in [0, 0.1) is 23.7 Å². The largest absolute Gasteiger partial charge is 0.104 e. The standard InChI is InChI=1S/C16H25I/c1-2-3-4-5-6-7-8-9-10-11-12-13-14-15-16-17/h2,5-10,13-16H2,1H3. The molecule has 0 unspecified atom stereocenters. The van der Waals surface area contributed by atoms with Crippen LogP contribution in [0.25, 0.3) is 0 Å². The number of hydrogen-bond acceptors (Lipinski definition) is 0. The number of hydrogen-bond donors (Lipinski definition) is 0. The summed E-state index contributed by atoms with van der Waals surface area (Å²) in [7, 11) is 0. The topological polar surface area (TPSA) is 0 Å². The Morgan fingerprint density at radius 2 is 1.12 bits per heavy atom. The molecule has 0 nitrogen and oxygen atoms in total. The zero-order chi connectivity index (χ0) is 12.6. The number of rotatable bonds is 8. The first kappa shape index (κ1) is 16.9. The van der Waals surface area contributed by atoms with E-state index < -0.39 is 0 Å². The summed E-state index contributed by atoms with van der Waals surface area (Å²) < 4.78 is 1.26. The number of alkyl halides is 1. The third-order valence-electron chi connectivity index (χ3n) is 2.47. The molecule has 0 saturated heterocycles. The van der Waals surface area contributed by atoms with Gasteiger partial charge in [0.1, 0.15) is 0 Å². The molecule has 0 saturated carbocycles. The van der Waals surface area contributed by atoms with Crippen LogP contribution in [0.5, 0.6) is 0 Å². The van der Waals surface area contributed by atoms with E-state index in [2.05, 4.69) is 53.2 Å². The monoisotopic (exact) mass is 344 g/mol. The second-order valence-corrected chi connectivity index (χ2v) is 5.20. The van der Waals surface area contributed by atoms with Crippen LogP contribution in [0.15, 0.2) is 0 Å². The Balaban J connectivity index is 3.12. The molecule has 0 aliphatic carbocycles. The lowest BCUT2D eigenvalue weighted by Gasteiger charge is -1.94. The average Bonchev–Trinajstić information content (AvgIpc) is 2.35. The van der Waals surface area contributed by atoms with Gasteiger partial charge in [-0.2, -0.15) is 0 Å². The molecular weight excluding hydrogens is 319 g/mol. The van der Waals surface area contributed by atoms with Gasteiger partial charge in [0.05, 0.1) is 0 Å². The van der Waals surface area contributed by atoms with E-state index in [1.807, 2.05) is 0 Å². The highest BCUT2D eigenvalue weighted by molar-refractivity contribution is 14.1. The normalized spacial score (nSPS) is 9.06. The van der Waals surface area contributed by atoms with Crippen molar-refractivity contribution in [1.82, 2.24) is 0 Å². The molecule has 0 fully saturated rings. The Bertz CT molecular complexity index is 259. The molecule has 0 radical (unpaired) electrons. The minimum Gasteiger partial charge on any atom is -0.104 e. The molecule has 0 atom stereocenters. The molecule has 0 aromatic heterocycles. The van der Waals surface area contributed by atoms with Gasteiger partial charge in [-0.15, -0.1) is 23.7 Å². The Morgan fingerprint density at radius 3 is 1.59 bits per heavy atom. The summed E-state index contributed by atoms with van der Waals surface area (Å²) >= 11 is 2.42. The van der Waals surface area contributed by atoms with Crippen LogP contribution >= 0.6 is 22.6 Å². The van der Waals surface area contributed by atoms with Crippen molar-refractivity contribution in [3.05, 3.63) is 0 Å². The Hall–Kier alpha value is -0.150. The average molecular weight is 344 g/mol. The van der Waals surface area contributed by atoms with Crippen molar-refractivity contribution < 1.29 is 0 Å². The van der Waals surface area contributed by atoms with Gasteiger partial charge in [-0.1, -0.05) is 42.4 Å². The van der Waals surface area contributed by atoms with Crippen molar-refractivity contribution in [2.24, 2.45) is 0 Å². The summed E-state index contributed by atoms with van der Waals surface area (Å²) in [6.07, 6.45) is 12.0. The van der Waals surface area contributed by atoms with Crippen LogP contribution < -0.4 is 0 Å². The molecule has 0 aromatic rings. The van der Waals surface area contributed by atoms with Gasteiger partial charge in [0.25, 0.3) is 0 Å². The molecule has 17 heavy (non-hydrogen) atoms. The second kappa shape index (κ2) is 15.9. The zero-order valence-electron chi connectivity index (χ0n) is 11.2. The second-order valence-electron chi connectivity index (χ2n) is 4.12. The lowest BCUT2D eigenvalue weighted by Crippen LogP contribution is -1.78. The molecule has 0 aromatic carbocycles. The van der Waals surface area contributed by atoms with Crippen LogP contribution in [0.2, 0.25) is 0 Å². The number of halogens is 1. The van der Waals surface area contributed by atoms with Crippen LogP contribution in [-0.2, 0) is 0 Å². The van der Waals surface area contributed by atoms with Crippen molar-refractivity contribution in [1.29, 1.82) is 0 Å². The van der Waals surface area contributed by atoms with Gasteiger partial charge in [0, 0.05) is 25.7 Å². The predicted octanol–water partition coefficient (Wildman–Crippen LogP) is 5.35. The predicted molar refractivity (Wildman–Crippen MR) is 86.3 cm³/mol. The van der Waals surface area contributed by atoms with E-state index in [0.29, 0.717) is 0 Å². The molecule has 0 aliphatic heterocycles. The molecule has 0 rings (SSSR count). The molecule has 0 spiro atoms. The minimum absolute atomic E-state index is 0.993. The molecule has 1 heteroatoms.